The van der Waals surface area contributed by atoms with E-state index in [4.69, 9.17) is 0 Å². The predicted octanol–water partition coefficient (Wildman–Crippen LogP) is 2.09. The molecule has 0 bridgehead atoms. The molecule has 0 amide bonds. The Morgan fingerprint density at radius 3 is 2.85 bits per heavy atom. The molecule has 0 N–H and O–H groups in total. The van der Waals surface area contributed by atoms with Crippen molar-refractivity contribution in [2.45, 2.75) is 26.2 Å². The second-order valence-corrected chi connectivity index (χ2v) is 3.64. The van der Waals surface area contributed by atoms with Crippen LogP contribution in [-0.4, -0.2) is 16.6 Å². The van der Waals surface area contributed by atoms with Gasteiger partial charge in [0.05, 0.1) is 16.8 Å². The first kappa shape index (κ1) is 10.1. The minimum absolute atomic E-state index is 0.0147. The number of carbonyl (C=O) groups is 2. The summed E-state index contributed by atoms with van der Waals surface area (Å²) >= 11 is 1.28. The van der Waals surface area contributed by atoms with Crippen LogP contribution in [0.2, 0.25) is 0 Å². The summed E-state index contributed by atoms with van der Waals surface area (Å²) in [7, 11) is 0. The van der Waals surface area contributed by atoms with Gasteiger partial charge in [0.2, 0.25) is 0 Å². The average Bonchev–Trinajstić information content (AvgIpc) is 2.55. The molecule has 1 aromatic heterocycles. The van der Waals surface area contributed by atoms with Gasteiger partial charge in [-0.15, -0.1) is 11.3 Å². The van der Waals surface area contributed by atoms with E-state index in [9.17, 15) is 9.59 Å². The van der Waals surface area contributed by atoms with Gasteiger partial charge in [0.15, 0.2) is 5.78 Å². The Morgan fingerprint density at radius 1 is 1.54 bits per heavy atom. The fourth-order valence-electron chi connectivity index (χ4n) is 0.987. The molecule has 0 radical (unpaired) electrons. The number of aromatic nitrogens is 1. The van der Waals surface area contributed by atoms with Crippen LogP contribution in [-0.2, 0) is 4.79 Å². The van der Waals surface area contributed by atoms with E-state index in [0.29, 0.717) is 11.3 Å². The number of Topliss-reactive ketones (excluding diaryl/α,β-unsaturated/α-hetero) is 2. The number of hydrogen-bond acceptors (Lipinski definition) is 4. The number of rotatable bonds is 5. The van der Waals surface area contributed by atoms with Gasteiger partial charge in [-0.2, -0.15) is 0 Å². The molecule has 1 aromatic rings. The lowest BCUT2D eigenvalue weighted by Gasteiger charge is -1.95. The number of nitrogens with zero attached hydrogens (tertiary/aromatic N) is 1. The highest BCUT2D eigenvalue weighted by atomic mass is 32.1. The van der Waals surface area contributed by atoms with Crippen LogP contribution in [0.3, 0.4) is 0 Å². The monoisotopic (exact) mass is 197 g/mol. The van der Waals surface area contributed by atoms with Crippen LogP contribution >= 0.6 is 11.3 Å². The molecule has 0 unspecified atom stereocenters. The fourth-order valence-corrected chi connectivity index (χ4v) is 1.55. The second kappa shape index (κ2) is 4.87. The molecule has 1 rings (SSSR count). The van der Waals surface area contributed by atoms with Crippen molar-refractivity contribution < 1.29 is 9.59 Å². The van der Waals surface area contributed by atoms with E-state index in [0.717, 1.165) is 6.42 Å². The van der Waals surface area contributed by atoms with Crippen molar-refractivity contribution in [1.82, 2.24) is 4.98 Å². The number of carbonyl (C=O) groups excluding carboxylic acids is 2. The first-order valence-electron chi connectivity index (χ1n) is 4.17. The van der Waals surface area contributed by atoms with Crippen molar-refractivity contribution in [2.24, 2.45) is 0 Å². The summed E-state index contributed by atoms with van der Waals surface area (Å²) in [6.45, 7) is 1.93. The fraction of sp³-hybridized carbons (Fsp3) is 0.444. The summed E-state index contributed by atoms with van der Waals surface area (Å²) in [4.78, 5) is 26.8. The zero-order valence-corrected chi connectivity index (χ0v) is 8.26. The molecule has 0 atom stereocenters. The summed E-state index contributed by atoms with van der Waals surface area (Å²) in [6, 6.07) is 0. The zero-order chi connectivity index (χ0) is 9.68. The van der Waals surface area contributed by atoms with Crippen LogP contribution < -0.4 is 0 Å². The Hall–Kier alpha value is -1.03. The Balaban J connectivity index is 2.47. The smallest absolute Gasteiger partial charge is 0.181 e. The lowest BCUT2D eigenvalue weighted by atomic mass is 10.1. The molecule has 13 heavy (non-hydrogen) atoms. The van der Waals surface area contributed by atoms with E-state index >= 15 is 0 Å². The predicted molar refractivity (Wildman–Crippen MR) is 51.0 cm³/mol. The Bertz CT molecular complexity index is 293. The zero-order valence-electron chi connectivity index (χ0n) is 7.45. The lowest BCUT2D eigenvalue weighted by molar-refractivity contribution is -0.118. The van der Waals surface area contributed by atoms with Gasteiger partial charge in [-0.3, -0.25) is 14.6 Å². The molecule has 0 aromatic carbocycles. The van der Waals surface area contributed by atoms with E-state index < -0.39 is 0 Å². The maximum Gasteiger partial charge on any atom is 0.181 e. The van der Waals surface area contributed by atoms with Gasteiger partial charge >= 0.3 is 0 Å². The molecule has 0 aliphatic heterocycles. The van der Waals surface area contributed by atoms with Crippen molar-refractivity contribution in [3.63, 3.8) is 0 Å². The van der Waals surface area contributed by atoms with Crippen molar-refractivity contribution in [3.05, 3.63) is 16.6 Å². The third-order valence-corrected chi connectivity index (χ3v) is 2.41. The Labute approximate surface area is 80.8 Å². The molecule has 3 nitrogen and oxygen atoms in total. The summed E-state index contributed by atoms with van der Waals surface area (Å²) in [6.07, 6.45) is 2.82. The van der Waals surface area contributed by atoms with Gasteiger partial charge in [-0.05, 0) is 6.42 Å². The summed E-state index contributed by atoms with van der Waals surface area (Å²) < 4.78 is 0. The Morgan fingerprint density at radius 2 is 2.31 bits per heavy atom. The van der Waals surface area contributed by atoms with Gasteiger partial charge < -0.3 is 0 Å². The van der Waals surface area contributed by atoms with Crippen molar-refractivity contribution in [1.29, 1.82) is 0 Å². The van der Waals surface area contributed by atoms with Crippen LogP contribution in [0.1, 0.15) is 35.9 Å². The maximum absolute atomic E-state index is 11.3. The SMILES string of the molecule is CCCC(=O)CC(=O)c1cncs1. The van der Waals surface area contributed by atoms with Gasteiger partial charge in [-0.25, -0.2) is 0 Å². The average molecular weight is 197 g/mol. The molecule has 4 heteroatoms. The molecular weight excluding hydrogens is 186 g/mol. The molecule has 0 fully saturated rings. The first-order valence-corrected chi connectivity index (χ1v) is 5.05. The summed E-state index contributed by atoms with van der Waals surface area (Å²) in [5.41, 5.74) is 1.59. The second-order valence-electron chi connectivity index (χ2n) is 2.75. The standard InChI is InChI=1S/C9H11NO2S/c1-2-3-7(11)4-8(12)9-5-10-6-13-9/h5-6H,2-4H2,1H3. The molecule has 70 valence electrons. The van der Waals surface area contributed by atoms with E-state index in [-0.39, 0.29) is 18.0 Å². The van der Waals surface area contributed by atoms with Crippen molar-refractivity contribution in [2.75, 3.05) is 0 Å². The van der Waals surface area contributed by atoms with Crippen LogP contribution in [0.4, 0.5) is 0 Å². The topological polar surface area (TPSA) is 47.0 Å². The van der Waals surface area contributed by atoms with Crippen LogP contribution in [0.15, 0.2) is 11.7 Å². The number of hydrogen-bond donors (Lipinski definition) is 0. The molecule has 0 aliphatic rings. The summed E-state index contributed by atoms with van der Waals surface area (Å²) in [5, 5.41) is 0. The van der Waals surface area contributed by atoms with Crippen LogP contribution in [0.5, 0.6) is 0 Å². The van der Waals surface area contributed by atoms with Crippen LogP contribution in [0.25, 0.3) is 0 Å². The quantitative estimate of drug-likeness (QED) is 0.536. The van der Waals surface area contributed by atoms with Gasteiger partial charge in [0.1, 0.15) is 5.78 Å². The van der Waals surface area contributed by atoms with Gasteiger partial charge in [0, 0.05) is 12.6 Å². The lowest BCUT2D eigenvalue weighted by Crippen LogP contribution is -2.06. The highest BCUT2D eigenvalue weighted by Gasteiger charge is 2.11. The molecule has 0 saturated heterocycles. The van der Waals surface area contributed by atoms with Crippen LogP contribution in [0, 0.1) is 0 Å². The van der Waals surface area contributed by atoms with Gasteiger partial charge in [0.25, 0.3) is 0 Å². The highest BCUT2D eigenvalue weighted by molar-refractivity contribution is 7.11. The van der Waals surface area contributed by atoms with Crippen molar-refractivity contribution in [3.8, 4) is 0 Å². The molecule has 1 heterocycles. The first-order chi connectivity index (χ1) is 6.24. The largest absolute Gasteiger partial charge is 0.299 e. The number of ketones is 2. The highest BCUT2D eigenvalue weighted by Crippen LogP contribution is 2.09. The normalized spacial score (nSPS) is 9.92. The molecular formula is C9H11NO2S. The third-order valence-electron chi connectivity index (χ3n) is 1.59. The van der Waals surface area contributed by atoms with E-state index in [2.05, 4.69) is 4.98 Å². The Kier molecular flexibility index (Phi) is 3.76. The van der Waals surface area contributed by atoms with Crippen molar-refractivity contribution >= 4 is 22.9 Å². The minimum Gasteiger partial charge on any atom is -0.299 e. The summed E-state index contributed by atoms with van der Waals surface area (Å²) in [5.74, 6) is -0.0955. The maximum atomic E-state index is 11.3. The third kappa shape index (κ3) is 3.06. The van der Waals surface area contributed by atoms with E-state index in [1.807, 2.05) is 6.92 Å². The number of thiazole rings is 1. The van der Waals surface area contributed by atoms with Gasteiger partial charge in [-0.1, -0.05) is 6.92 Å². The van der Waals surface area contributed by atoms with E-state index in [1.165, 1.54) is 17.5 Å². The molecule has 0 saturated carbocycles. The molecule has 0 aliphatic carbocycles. The molecule has 0 spiro atoms. The minimum atomic E-state index is -0.110. The van der Waals surface area contributed by atoms with E-state index in [1.54, 1.807) is 5.51 Å².